The molecule has 0 aromatic heterocycles. The molecule has 0 saturated heterocycles. The molecule has 0 spiro atoms. The minimum atomic E-state index is 1.03. The minimum Gasteiger partial charge on any atom is -0.376 e. The van der Waals surface area contributed by atoms with Crippen molar-refractivity contribution in [3.8, 4) is 0 Å². The summed E-state index contributed by atoms with van der Waals surface area (Å²) in [5, 5.41) is 0. The number of rotatable bonds is 3. The van der Waals surface area contributed by atoms with E-state index in [4.69, 9.17) is 0 Å². The summed E-state index contributed by atoms with van der Waals surface area (Å²) < 4.78 is 0. The van der Waals surface area contributed by atoms with Crippen LogP contribution in [0.2, 0.25) is 0 Å². The third-order valence-corrected chi connectivity index (χ3v) is 1.84. The number of allylic oxidation sites excluding steroid dienone is 4. The van der Waals surface area contributed by atoms with Gasteiger partial charge in [0, 0.05) is 19.8 Å². The quantitative estimate of drug-likeness (QED) is 0.618. The summed E-state index contributed by atoms with van der Waals surface area (Å²) >= 11 is 0. The number of hydrogen-bond acceptors (Lipinski definition) is 1. The lowest BCUT2D eigenvalue weighted by molar-refractivity contribution is 0.502. The maximum Gasteiger partial charge on any atom is 0.0354 e. The van der Waals surface area contributed by atoms with Crippen molar-refractivity contribution in [2.45, 2.75) is 19.8 Å². The Kier molecular flexibility index (Phi) is 3.65. The fourth-order valence-electron chi connectivity index (χ4n) is 1.19. The van der Waals surface area contributed by atoms with Crippen LogP contribution in [0, 0.1) is 0 Å². The average molecular weight is 163 g/mol. The largest absolute Gasteiger partial charge is 0.376 e. The van der Waals surface area contributed by atoms with E-state index < -0.39 is 0 Å². The molecule has 1 aliphatic rings. The number of likely N-dealkylation sites (N-methyl/N-ethyl adjacent to an activating group) is 1. The van der Waals surface area contributed by atoms with E-state index in [2.05, 4.69) is 49.4 Å². The predicted molar refractivity (Wildman–Crippen MR) is 53.9 cm³/mol. The molecule has 0 saturated carbocycles. The molecule has 0 radical (unpaired) electrons. The smallest absolute Gasteiger partial charge is 0.0354 e. The predicted octanol–water partition coefficient (Wildman–Crippen LogP) is 2.73. The molecule has 0 N–H and O–H groups in total. The van der Waals surface area contributed by atoms with Crippen molar-refractivity contribution < 1.29 is 0 Å². The van der Waals surface area contributed by atoms with Gasteiger partial charge in [0.2, 0.25) is 0 Å². The second kappa shape index (κ2) is 4.81. The number of unbranched alkanes of at least 4 members (excludes halogenated alkanes) is 1. The molecule has 0 atom stereocenters. The van der Waals surface area contributed by atoms with Gasteiger partial charge >= 0.3 is 0 Å². The average Bonchev–Trinajstić information content (AvgIpc) is 2.05. The minimum absolute atomic E-state index is 1.03. The first-order valence-electron chi connectivity index (χ1n) is 4.58. The SMILES string of the molecule is CCC/C=C/C1=CN(C)CC=C1. The Labute approximate surface area is 75.1 Å². The van der Waals surface area contributed by atoms with E-state index in [1.54, 1.807) is 0 Å². The summed E-state index contributed by atoms with van der Waals surface area (Å²) in [5.41, 5.74) is 1.30. The van der Waals surface area contributed by atoms with E-state index in [9.17, 15) is 0 Å². The van der Waals surface area contributed by atoms with E-state index in [-0.39, 0.29) is 0 Å². The second-order valence-electron chi connectivity index (χ2n) is 3.16. The standard InChI is InChI=1S/C11H17N/c1-3-4-5-7-11-8-6-9-12(2)10-11/h5-8,10H,3-4,9H2,1-2H3/b7-5+. The molecular weight excluding hydrogens is 146 g/mol. The van der Waals surface area contributed by atoms with Gasteiger partial charge in [0.1, 0.15) is 0 Å². The first kappa shape index (κ1) is 9.11. The van der Waals surface area contributed by atoms with Crippen molar-refractivity contribution in [3.05, 3.63) is 36.1 Å². The second-order valence-corrected chi connectivity index (χ2v) is 3.16. The maximum absolute atomic E-state index is 2.23. The van der Waals surface area contributed by atoms with E-state index in [0.717, 1.165) is 6.54 Å². The highest BCUT2D eigenvalue weighted by Crippen LogP contribution is 2.07. The van der Waals surface area contributed by atoms with Crippen molar-refractivity contribution in [1.82, 2.24) is 4.90 Å². The molecule has 1 heteroatoms. The third kappa shape index (κ3) is 2.95. The zero-order valence-corrected chi connectivity index (χ0v) is 7.96. The van der Waals surface area contributed by atoms with Crippen molar-refractivity contribution >= 4 is 0 Å². The lowest BCUT2D eigenvalue weighted by Crippen LogP contribution is -2.13. The molecule has 0 unspecified atom stereocenters. The molecule has 1 nitrogen and oxygen atoms in total. The Balaban J connectivity index is 2.46. The summed E-state index contributed by atoms with van der Waals surface area (Å²) in [6.45, 7) is 3.23. The highest BCUT2D eigenvalue weighted by molar-refractivity contribution is 5.32. The van der Waals surface area contributed by atoms with Crippen LogP contribution in [0.4, 0.5) is 0 Å². The van der Waals surface area contributed by atoms with Crippen molar-refractivity contribution in [2.24, 2.45) is 0 Å². The van der Waals surface area contributed by atoms with E-state index >= 15 is 0 Å². The highest BCUT2D eigenvalue weighted by atomic mass is 15.1. The zero-order chi connectivity index (χ0) is 8.81. The van der Waals surface area contributed by atoms with Gasteiger partial charge in [-0.15, -0.1) is 0 Å². The molecule has 66 valence electrons. The first-order chi connectivity index (χ1) is 5.83. The van der Waals surface area contributed by atoms with Crippen molar-refractivity contribution in [3.63, 3.8) is 0 Å². The molecule has 0 bridgehead atoms. The van der Waals surface area contributed by atoms with Gasteiger partial charge in [0.05, 0.1) is 0 Å². The van der Waals surface area contributed by atoms with Crippen LogP contribution in [0.25, 0.3) is 0 Å². The van der Waals surface area contributed by atoms with E-state index in [1.807, 2.05) is 0 Å². The fraction of sp³-hybridized carbons (Fsp3) is 0.455. The summed E-state index contributed by atoms with van der Waals surface area (Å²) in [6, 6.07) is 0. The van der Waals surface area contributed by atoms with E-state index in [0.29, 0.717) is 0 Å². The van der Waals surface area contributed by atoms with Gasteiger partial charge in [0.15, 0.2) is 0 Å². The topological polar surface area (TPSA) is 3.24 Å². The Morgan fingerprint density at radius 3 is 3.08 bits per heavy atom. The Morgan fingerprint density at radius 1 is 1.58 bits per heavy atom. The normalized spacial score (nSPS) is 17.2. The monoisotopic (exact) mass is 163 g/mol. The molecule has 1 rings (SSSR count). The molecular formula is C11H17N. The lowest BCUT2D eigenvalue weighted by atomic mass is 10.2. The fourth-order valence-corrected chi connectivity index (χ4v) is 1.19. The molecule has 0 aromatic rings. The van der Waals surface area contributed by atoms with Crippen molar-refractivity contribution in [2.75, 3.05) is 13.6 Å². The molecule has 0 amide bonds. The molecule has 0 aliphatic carbocycles. The van der Waals surface area contributed by atoms with Gasteiger partial charge in [-0.2, -0.15) is 0 Å². The maximum atomic E-state index is 2.23. The van der Waals surface area contributed by atoms with Crippen LogP contribution in [0.15, 0.2) is 36.1 Å². The van der Waals surface area contributed by atoms with Gasteiger partial charge < -0.3 is 4.90 Å². The Hall–Kier alpha value is -0.980. The highest BCUT2D eigenvalue weighted by Gasteiger charge is 1.95. The van der Waals surface area contributed by atoms with Crippen molar-refractivity contribution in [1.29, 1.82) is 0 Å². The van der Waals surface area contributed by atoms with Crippen LogP contribution in [0.5, 0.6) is 0 Å². The van der Waals surface area contributed by atoms with Gasteiger partial charge in [-0.3, -0.25) is 0 Å². The van der Waals surface area contributed by atoms with Gasteiger partial charge in [-0.1, -0.05) is 37.6 Å². The number of nitrogens with zero attached hydrogens (tertiary/aromatic N) is 1. The Morgan fingerprint density at radius 2 is 2.42 bits per heavy atom. The lowest BCUT2D eigenvalue weighted by Gasteiger charge is -2.15. The first-order valence-corrected chi connectivity index (χ1v) is 4.58. The molecule has 1 heterocycles. The van der Waals surface area contributed by atoms with Crippen LogP contribution in [-0.4, -0.2) is 18.5 Å². The summed E-state index contributed by atoms with van der Waals surface area (Å²) in [5.74, 6) is 0. The molecule has 1 aliphatic heterocycles. The van der Waals surface area contributed by atoms with Crippen LogP contribution in [0.3, 0.4) is 0 Å². The number of hydrogen-bond donors (Lipinski definition) is 0. The third-order valence-electron chi connectivity index (χ3n) is 1.84. The van der Waals surface area contributed by atoms with Gasteiger partial charge in [-0.25, -0.2) is 0 Å². The molecule has 0 fully saturated rings. The Bertz CT molecular complexity index is 211. The van der Waals surface area contributed by atoms with Crippen LogP contribution >= 0.6 is 0 Å². The van der Waals surface area contributed by atoms with Crippen LogP contribution < -0.4 is 0 Å². The van der Waals surface area contributed by atoms with Gasteiger partial charge in [0.25, 0.3) is 0 Å². The van der Waals surface area contributed by atoms with Crippen LogP contribution in [-0.2, 0) is 0 Å². The zero-order valence-electron chi connectivity index (χ0n) is 7.96. The summed E-state index contributed by atoms with van der Waals surface area (Å²) in [4.78, 5) is 2.19. The van der Waals surface area contributed by atoms with E-state index in [1.165, 1.54) is 18.4 Å². The molecule has 12 heavy (non-hydrogen) atoms. The van der Waals surface area contributed by atoms with Gasteiger partial charge in [-0.05, 0) is 12.0 Å². The summed E-state index contributed by atoms with van der Waals surface area (Å²) in [6.07, 6.45) is 13.4. The molecule has 0 aromatic carbocycles. The van der Waals surface area contributed by atoms with Crippen LogP contribution in [0.1, 0.15) is 19.8 Å². The summed E-state index contributed by atoms with van der Waals surface area (Å²) in [7, 11) is 2.09.